The molecule has 0 N–H and O–H groups in total. The van der Waals surface area contributed by atoms with Crippen molar-refractivity contribution in [2.45, 2.75) is 18.4 Å². The Bertz CT molecular complexity index is 637. The highest BCUT2D eigenvalue weighted by molar-refractivity contribution is 7.89. The van der Waals surface area contributed by atoms with Gasteiger partial charge in [-0.1, -0.05) is 17.7 Å². The molecule has 0 unspecified atom stereocenters. The summed E-state index contributed by atoms with van der Waals surface area (Å²) >= 11 is 0. The van der Waals surface area contributed by atoms with Crippen LogP contribution in [0.25, 0.3) is 0 Å². The highest BCUT2D eigenvalue weighted by atomic mass is 32.2. The van der Waals surface area contributed by atoms with Crippen LogP contribution in [0.5, 0.6) is 0 Å². The molecule has 4 nitrogen and oxygen atoms in total. The Morgan fingerprint density at radius 1 is 1.05 bits per heavy atom. The summed E-state index contributed by atoms with van der Waals surface area (Å²) in [6.45, 7) is 2.26. The van der Waals surface area contributed by atoms with Crippen LogP contribution in [-0.2, 0) is 16.6 Å². The van der Waals surface area contributed by atoms with Gasteiger partial charge in [-0.05, 0) is 36.8 Å². The van der Waals surface area contributed by atoms with Crippen molar-refractivity contribution in [1.29, 1.82) is 0 Å². The topological polar surface area (TPSA) is 50.3 Å². The van der Waals surface area contributed by atoms with Crippen LogP contribution < -0.4 is 0 Å². The molecule has 100 valence electrons. The van der Waals surface area contributed by atoms with Crippen LogP contribution in [0.1, 0.15) is 11.1 Å². The molecule has 0 spiro atoms. The van der Waals surface area contributed by atoms with Crippen LogP contribution in [0.4, 0.5) is 0 Å². The summed E-state index contributed by atoms with van der Waals surface area (Å²) in [5.74, 6) is 0. The normalized spacial score (nSPS) is 11.7. The second kappa shape index (κ2) is 5.50. The second-order valence-electron chi connectivity index (χ2n) is 4.43. The molecule has 0 aliphatic heterocycles. The molecule has 2 aromatic rings. The molecule has 0 amide bonds. The van der Waals surface area contributed by atoms with E-state index in [1.54, 1.807) is 55.8 Å². The second-order valence-corrected chi connectivity index (χ2v) is 6.47. The Kier molecular flexibility index (Phi) is 3.97. The number of aromatic nitrogens is 1. The zero-order chi connectivity index (χ0) is 13.9. The molecule has 0 bridgehead atoms. The van der Waals surface area contributed by atoms with Gasteiger partial charge in [0.05, 0.1) is 4.90 Å². The molecule has 5 heteroatoms. The number of pyridine rings is 1. The monoisotopic (exact) mass is 276 g/mol. The maximum Gasteiger partial charge on any atom is 0.243 e. The summed E-state index contributed by atoms with van der Waals surface area (Å²) in [4.78, 5) is 4.23. The molecular weight excluding hydrogens is 260 g/mol. The van der Waals surface area contributed by atoms with Crippen molar-refractivity contribution in [2.24, 2.45) is 0 Å². The molecular formula is C14H16N2O2S. The van der Waals surface area contributed by atoms with Gasteiger partial charge in [-0.2, -0.15) is 4.31 Å². The lowest BCUT2D eigenvalue weighted by atomic mass is 10.2. The minimum atomic E-state index is -3.44. The quantitative estimate of drug-likeness (QED) is 0.860. The Hall–Kier alpha value is -1.72. The average molecular weight is 276 g/mol. The van der Waals surface area contributed by atoms with E-state index in [1.165, 1.54) is 4.31 Å². The first-order valence-electron chi connectivity index (χ1n) is 5.92. The zero-order valence-corrected chi connectivity index (χ0v) is 11.8. The summed E-state index contributed by atoms with van der Waals surface area (Å²) in [6, 6.07) is 10.5. The largest absolute Gasteiger partial charge is 0.265 e. The Labute approximate surface area is 113 Å². The molecule has 1 aromatic carbocycles. The predicted octanol–water partition coefficient (Wildman–Crippen LogP) is 2.21. The number of benzene rings is 1. The van der Waals surface area contributed by atoms with E-state index in [1.807, 2.05) is 6.92 Å². The van der Waals surface area contributed by atoms with Crippen LogP contribution >= 0.6 is 0 Å². The van der Waals surface area contributed by atoms with Crippen LogP contribution in [0.3, 0.4) is 0 Å². The van der Waals surface area contributed by atoms with Gasteiger partial charge in [-0.15, -0.1) is 0 Å². The van der Waals surface area contributed by atoms with Crippen molar-refractivity contribution in [3.8, 4) is 0 Å². The predicted molar refractivity (Wildman–Crippen MR) is 74.1 cm³/mol. The summed E-state index contributed by atoms with van der Waals surface area (Å²) in [6.07, 6.45) is 3.31. The number of aryl methyl sites for hydroxylation is 1. The summed E-state index contributed by atoms with van der Waals surface area (Å²) in [7, 11) is -1.86. The third-order valence-electron chi connectivity index (χ3n) is 2.88. The van der Waals surface area contributed by atoms with E-state index in [-0.39, 0.29) is 0 Å². The van der Waals surface area contributed by atoms with Crippen LogP contribution in [0.2, 0.25) is 0 Å². The van der Waals surface area contributed by atoms with Gasteiger partial charge in [0.15, 0.2) is 0 Å². The average Bonchev–Trinajstić information content (AvgIpc) is 2.40. The van der Waals surface area contributed by atoms with E-state index in [0.29, 0.717) is 11.4 Å². The SMILES string of the molecule is Cc1ccc(S(=O)(=O)N(C)Cc2ccncc2)cc1. The third kappa shape index (κ3) is 3.19. The van der Waals surface area contributed by atoms with E-state index in [0.717, 1.165) is 11.1 Å². The smallest absolute Gasteiger partial charge is 0.243 e. The summed E-state index contributed by atoms with van der Waals surface area (Å²) in [5, 5.41) is 0. The Balaban J connectivity index is 2.22. The van der Waals surface area contributed by atoms with Gasteiger partial charge in [0, 0.05) is 26.0 Å². The molecule has 19 heavy (non-hydrogen) atoms. The molecule has 0 saturated heterocycles. The molecule has 0 atom stereocenters. The van der Waals surface area contributed by atoms with Gasteiger partial charge in [0.2, 0.25) is 10.0 Å². The first kappa shape index (κ1) is 13.7. The van der Waals surface area contributed by atoms with Gasteiger partial charge in [-0.3, -0.25) is 4.98 Å². The number of sulfonamides is 1. The fourth-order valence-electron chi connectivity index (χ4n) is 1.72. The summed E-state index contributed by atoms with van der Waals surface area (Å²) in [5.41, 5.74) is 1.95. The van der Waals surface area contributed by atoms with Gasteiger partial charge in [0.25, 0.3) is 0 Å². The van der Waals surface area contributed by atoms with Crippen molar-refractivity contribution in [3.05, 3.63) is 59.9 Å². The standard InChI is InChI=1S/C14H16N2O2S/c1-12-3-5-14(6-4-12)19(17,18)16(2)11-13-7-9-15-10-8-13/h3-10H,11H2,1-2H3. The van der Waals surface area contributed by atoms with Crippen LogP contribution in [0.15, 0.2) is 53.7 Å². The van der Waals surface area contributed by atoms with Crippen LogP contribution in [0, 0.1) is 6.92 Å². The van der Waals surface area contributed by atoms with Crippen molar-refractivity contribution in [3.63, 3.8) is 0 Å². The highest BCUT2D eigenvalue weighted by Crippen LogP contribution is 2.16. The maximum atomic E-state index is 12.4. The van der Waals surface area contributed by atoms with Gasteiger partial charge in [-0.25, -0.2) is 8.42 Å². The molecule has 0 aliphatic carbocycles. The van der Waals surface area contributed by atoms with Crippen LogP contribution in [-0.4, -0.2) is 24.8 Å². The molecule has 0 saturated carbocycles. The lowest BCUT2D eigenvalue weighted by Crippen LogP contribution is -2.26. The molecule has 1 heterocycles. The lowest BCUT2D eigenvalue weighted by molar-refractivity contribution is 0.466. The maximum absolute atomic E-state index is 12.4. The lowest BCUT2D eigenvalue weighted by Gasteiger charge is -2.17. The van der Waals surface area contributed by atoms with Crippen molar-refractivity contribution >= 4 is 10.0 Å². The van der Waals surface area contributed by atoms with E-state index >= 15 is 0 Å². The first-order valence-corrected chi connectivity index (χ1v) is 7.36. The van der Waals surface area contributed by atoms with Crippen molar-refractivity contribution in [1.82, 2.24) is 9.29 Å². The van der Waals surface area contributed by atoms with Crippen molar-refractivity contribution < 1.29 is 8.42 Å². The number of nitrogens with zero attached hydrogens (tertiary/aromatic N) is 2. The van der Waals surface area contributed by atoms with E-state index in [4.69, 9.17) is 0 Å². The zero-order valence-electron chi connectivity index (χ0n) is 10.9. The minimum Gasteiger partial charge on any atom is -0.265 e. The van der Waals surface area contributed by atoms with Gasteiger partial charge in [0.1, 0.15) is 0 Å². The number of hydrogen-bond donors (Lipinski definition) is 0. The molecule has 0 radical (unpaired) electrons. The fraction of sp³-hybridized carbons (Fsp3) is 0.214. The number of hydrogen-bond acceptors (Lipinski definition) is 3. The van der Waals surface area contributed by atoms with Gasteiger partial charge >= 0.3 is 0 Å². The first-order chi connectivity index (χ1) is 9.00. The highest BCUT2D eigenvalue weighted by Gasteiger charge is 2.20. The number of rotatable bonds is 4. The third-order valence-corrected chi connectivity index (χ3v) is 4.70. The van der Waals surface area contributed by atoms with E-state index in [2.05, 4.69) is 4.98 Å². The van der Waals surface area contributed by atoms with Crippen molar-refractivity contribution in [2.75, 3.05) is 7.05 Å². The molecule has 1 aromatic heterocycles. The summed E-state index contributed by atoms with van der Waals surface area (Å²) < 4.78 is 26.1. The van der Waals surface area contributed by atoms with E-state index < -0.39 is 10.0 Å². The molecule has 0 aliphatic rings. The minimum absolute atomic E-state index is 0.314. The molecule has 0 fully saturated rings. The van der Waals surface area contributed by atoms with E-state index in [9.17, 15) is 8.42 Å². The Morgan fingerprint density at radius 3 is 2.21 bits per heavy atom. The fourth-order valence-corrected chi connectivity index (χ4v) is 2.88. The molecule has 2 rings (SSSR count). The van der Waals surface area contributed by atoms with Gasteiger partial charge < -0.3 is 0 Å². The Morgan fingerprint density at radius 2 is 1.63 bits per heavy atom.